The monoisotopic (exact) mass is 268 g/mol. The summed E-state index contributed by atoms with van der Waals surface area (Å²) in [4.78, 5) is 23.5. The smallest absolute Gasteiger partial charge is 0.310 e. The topological polar surface area (TPSA) is 54.4 Å². The van der Waals surface area contributed by atoms with Crippen LogP contribution in [0.15, 0.2) is 54.6 Å². The molecule has 3 nitrogen and oxygen atoms in total. The number of hydrogen-bond acceptors (Lipinski definition) is 2. The van der Waals surface area contributed by atoms with E-state index < -0.39 is 11.9 Å². The minimum atomic E-state index is -0.864. The van der Waals surface area contributed by atoms with E-state index in [1.165, 1.54) is 0 Å². The highest BCUT2D eigenvalue weighted by molar-refractivity contribution is 6.09. The van der Waals surface area contributed by atoms with E-state index in [1.807, 2.05) is 25.1 Å². The lowest BCUT2D eigenvalue weighted by atomic mass is 9.93. The van der Waals surface area contributed by atoms with Crippen molar-refractivity contribution in [3.63, 3.8) is 0 Å². The van der Waals surface area contributed by atoms with Crippen molar-refractivity contribution >= 4 is 11.8 Å². The van der Waals surface area contributed by atoms with Crippen molar-refractivity contribution in [1.82, 2.24) is 0 Å². The van der Waals surface area contributed by atoms with Crippen LogP contribution in [0.25, 0.3) is 0 Å². The number of carbonyl (C=O) groups is 2. The van der Waals surface area contributed by atoms with Crippen LogP contribution in [0.5, 0.6) is 0 Å². The van der Waals surface area contributed by atoms with Crippen molar-refractivity contribution < 1.29 is 14.7 Å². The molecule has 0 heterocycles. The molecule has 0 amide bonds. The van der Waals surface area contributed by atoms with Gasteiger partial charge < -0.3 is 5.11 Å². The lowest BCUT2D eigenvalue weighted by molar-refractivity contribution is -0.138. The number of carboxylic acid groups (broad SMARTS) is 1. The van der Waals surface area contributed by atoms with Crippen LogP contribution in [0.1, 0.15) is 40.7 Å². The van der Waals surface area contributed by atoms with Crippen LogP contribution in [0.3, 0.4) is 0 Å². The second-order valence-corrected chi connectivity index (χ2v) is 4.62. The molecule has 0 radical (unpaired) electrons. The number of carboxylic acids is 1. The van der Waals surface area contributed by atoms with Gasteiger partial charge in [-0.05, 0) is 18.1 Å². The summed E-state index contributed by atoms with van der Waals surface area (Å²) in [6.45, 7) is 1.82. The van der Waals surface area contributed by atoms with Gasteiger partial charge in [-0.25, -0.2) is 0 Å². The molecule has 0 saturated heterocycles. The second-order valence-electron chi connectivity index (χ2n) is 4.62. The average Bonchev–Trinajstić information content (AvgIpc) is 2.48. The molecule has 0 spiro atoms. The molecule has 2 aromatic rings. The Morgan fingerprint density at radius 1 is 1.00 bits per heavy atom. The zero-order valence-electron chi connectivity index (χ0n) is 11.2. The molecule has 0 aliphatic heterocycles. The molecule has 0 saturated carbocycles. The first-order valence-corrected chi connectivity index (χ1v) is 6.56. The summed E-state index contributed by atoms with van der Waals surface area (Å²) in [5, 5.41) is 9.19. The van der Waals surface area contributed by atoms with E-state index in [4.69, 9.17) is 0 Å². The number of benzene rings is 2. The summed E-state index contributed by atoms with van der Waals surface area (Å²) >= 11 is 0. The molecule has 0 aliphatic carbocycles. The molecule has 0 aliphatic rings. The van der Waals surface area contributed by atoms with Gasteiger partial charge in [-0.15, -0.1) is 0 Å². The van der Waals surface area contributed by atoms with E-state index in [0.717, 1.165) is 0 Å². The van der Waals surface area contributed by atoms with E-state index in [2.05, 4.69) is 0 Å². The lowest BCUT2D eigenvalue weighted by Crippen LogP contribution is -2.11. The van der Waals surface area contributed by atoms with Crippen molar-refractivity contribution in [3.05, 3.63) is 71.3 Å². The van der Waals surface area contributed by atoms with Gasteiger partial charge in [-0.2, -0.15) is 0 Å². The van der Waals surface area contributed by atoms with Gasteiger partial charge in [-0.3, -0.25) is 9.59 Å². The normalized spacial score (nSPS) is 11.8. The predicted octanol–water partition coefficient (Wildman–Crippen LogP) is 3.50. The first-order valence-electron chi connectivity index (χ1n) is 6.56. The fourth-order valence-electron chi connectivity index (χ4n) is 2.21. The highest BCUT2D eigenvalue weighted by Gasteiger charge is 2.19. The Morgan fingerprint density at radius 3 is 2.25 bits per heavy atom. The zero-order valence-corrected chi connectivity index (χ0v) is 11.2. The third-order valence-corrected chi connectivity index (χ3v) is 3.29. The van der Waals surface area contributed by atoms with Crippen molar-refractivity contribution in [2.75, 3.05) is 0 Å². The highest BCUT2D eigenvalue weighted by atomic mass is 16.4. The summed E-state index contributed by atoms with van der Waals surface area (Å²) in [5.41, 5.74) is 1.79. The number of carbonyl (C=O) groups excluding carboxylic acids is 1. The van der Waals surface area contributed by atoms with Gasteiger partial charge in [0, 0.05) is 11.1 Å². The highest BCUT2D eigenvalue weighted by Crippen LogP contribution is 2.22. The van der Waals surface area contributed by atoms with Gasteiger partial charge in [0.05, 0.1) is 5.92 Å². The Morgan fingerprint density at radius 2 is 1.65 bits per heavy atom. The second kappa shape index (κ2) is 6.15. The van der Waals surface area contributed by atoms with E-state index in [-0.39, 0.29) is 5.78 Å². The Balaban J connectivity index is 2.35. The van der Waals surface area contributed by atoms with Gasteiger partial charge in [0.2, 0.25) is 0 Å². The number of hydrogen-bond donors (Lipinski definition) is 1. The third-order valence-electron chi connectivity index (χ3n) is 3.29. The summed E-state index contributed by atoms with van der Waals surface area (Å²) in [6, 6.07) is 15.9. The lowest BCUT2D eigenvalue weighted by Gasteiger charge is -2.11. The number of rotatable bonds is 5. The molecular formula is C17H16O3. The van der Waals surface area contributed by atoms with Crippen LogP contribution in [-0.2, 0) is 4.79 Å². The van der Waals surface area contributed by atoms with Gasteiger partial charge in [-0.1, -0.05) is 55.5 Å². The minimum absolute atomic E-state index is 0.0901. The SMILES string of the molecule is CCC(C(=O)O)c1cccc(C(=O)c2ccccc2)c1. The van der Waals surface area contributed by atoms with E-state index in [1.54, 1.807) is 36.4 Å². The first kappa shape index (κ1) is 14.0. The molecule has 1 unspecified atom stereocenters. The Labute approximate surface area is 117 Å². The molecule has 3 heteroatoms. The van der Waals surface area contributed by atoms with Gasteiger partial charge >= 0.3 is 5.97 Å². The molecule has 0 aromatic heterocycles. The van der Waals surface area contributed by atoms with E-state index >= 15 is 0 Å². The molecule has 1 N–H and O–H groups in total. The molecule has 2 rings (SSSR count). The van der Waals surface area contributed by atoms with Gasteiger partial charge in [0.25, 0.3) is 0 Å². The third kappa shape index (κ3) is 2.94. The molecule has 0 fully saturated rings. The standard InChI is InChI=1S/C17H16O3/c1-2-15(17(19)20)13-9-6-10-14(11-13)16(18)12-7-4-3-5-8-12/h3-11,15H,2H2,1H3,(H,19,20). The number of ketones is 1. The molecule has 1 atom stereocenters. The molecular weight excluding hydrogens is 252 g/mol. The summed E-state index contributed by atoms with van der Waals surface area (Å²) in [7, 11) is 0. The Kier molecular flexibility index (Phi) is 4.31. The molecule has 20 heavy (non-hydrogen) atoms. The molecule has 2 aromatic carbocycles. The average molecular weight is 268 g/mol. The van der Waals surface area contributed by atoms with Crippen LogP contribution >= 0.6 is 0 Å². The van der Waals surface area contributed by atoms with Crippen LogP contribution < -0.4 is 0 Å². The van der Waals surface area contributed by atoms with Crippen molar-refractivity contribution in [2.24, 2.45) is 0 Å². The van der Waals surface area contributed by atoms with Crippen LogP contribution in [0.2, 0.25) is 0 Å². The van der Waals surface area contributed by atoms with Crippen molar-refractivity contribution in [2.45, 2.75) is 19.3 Å². The fraction of sp³-hybridized carbons (Fsp3) is 0.176. The van der Waals surface area contributed by atoms with Crippen molar-refractivity contribution in [1.29, 1.82) is 0 Å². The quantitative estimate of drug-likeness (QED) is 0.844. The van der Waals surface area contributed by atoms with E-state index in [9.17, 15) is 14.7 Å². The number of aliphatic carboxylic acids is 1. The first-order chi connectivity index (χ1) is 9.63. The fourth-order valence-corrected chi connectivity index (χ4v) is 2.21. The predicted molar refractivity (Wildman–Crippen MR) is 77.0 cm³/mol. The van der Waals surface area contributed by atoms with Gasteiger partial charge in [0.15, 0.2) is 5.78 Å². The van der Waals surface area contributed by atoms with Crippen molar-refractivity contribution in [3.8, 4) is 0 Å². The maximum absolute atomic E-state index is 12.3. The van der Waals surface area contributed by atoms with Crippen LogP contribution in [0.4, 0.5) is 0 Å². The van der Waals surface area contributed by atoms with Gasteiger partial charge in [0.1, 0.15) is 0 Å². The Bertz CT molecular complexity index is 617. The summed E-state index contributed by atoms with van der Waals surface area (Å²) in [5.74, 6) is -1.52. The van der Waals surface area contributed by atoms with E-state index in [0.29, 0.717) is 23.1 Å². The summed E-state index contributed by atoms with van der Waals surface area (Å²) in [6.07, 6.45) is 0.498. The Hall–Kier alpha value is -2.42. The van der Waals surface area contributed by atoms with Crippen LogP contribution in [0, 0.1) is 0 Å². The maximum atomic E-state index is 12.3. The maximum Gasteiger partial charge on any atom is 0.310 e. The zero-order chi connectivity index (χ0) is 14.5. The molecule has 0 bridgehead atoms. The minimum Gasteiger partial charge on any atom is -0.481 e. The molecule has 102 valence electrons. The largest absolute Gasteiger partial charge is 0.481 e. The van der Waals surface area contributed by atoms with Crippen LogP contribution in [-0.4, -0.2) is 16.9 Å². The summed E-state index contributed by atoms with van der Waals surface area (Å²) < 4.78 is 0.